The molecule has 1 heteroatoms. The molecule has 2 N–H and O–H groups in total. The van der Waals surface area contributed by atoms with Gasteiger partial charge in [0, 0.05) is 5.56 Å². The average molecular weight is 192 g/mol. The first-order chi connectivity index (χ1) is 6.74. The zero-order valence-electron chi connectivity index (χ0n) is 9.59. The van der Waals surface area contributed by atoms with Crippen molar-refractivity contribution in [1.82, 2.24) is 0 Å². The van der Waals surface area contributed by atoms with E-state index >= 15 is 0 Å². The second-order valence-electron chi connectivity index (χ2n) is 4.18. The van der Waals surface area contributed by atoms with Gasteiger partial charge >= 0.3 is 0 Å². The normalized spacial score (nSPS) is 10.9. The molecule has 0 aliphatic heterocycles. The van der Waals surface area contributed by atoms with Gasteiger partial charge in [0.2, 0.25) is 0 Å². The van der Waals surface area contributed by atoms with Crippen molar-refractivity contribution >= 4 is 0 Å². The molecule has 0 saturated heterocycles. The van der Waals surface area contributed by atoms with E-state index in [1.54, 1.807) is 0 Å². The number of quaternary nitrogens is 1. The first kappa shape index (κ1) is 11.3. The van der Waals surface area contributed by atoms with Gasteiger partial charge in [-0.05, 0) is 17.9 Å². The van der Waals surface area contributed by atoms with Gasteiger partial charge in [-0.3, -0.25) is 0 Å². The minimum absolute atomic E-state index is 0.642. The quantitative estimate of drug-likeness (QED) is 0.689. The third kappa shape index (κ3) is 3.51. The van der Waals surface area contributed by atoms with Gasteiger partial charge in [0.15, 0.2) is 0 Å². The van der Waals surface area contributed by atoms with Crippen LogP contribution in [-0.4, -0.2) is 6.54 Å². The summed E-state index contributed by atoms with van der Waals surface area (Å²) in [6.07, 6.45) is 1.25. The van der Waals surface area contributed by atoms with E-state index in [1.165, 1.54) is 24.1 Å². The van der Waals surface area contributed by atoms with Crippen LogP contribution >= 0.6 is 0 Å². The molecule has 0 atom stereocenters. The standard InChI is InChI=1S/C13H21N/c1-4-9-14-10-12-5-7-13(8-6-12)11(2)3/h5-8,11,14H,4,9-10H2,1-3H3/p+1. The SMILES string of the molecule is CCC[NH2+]Cc1ccc(C(C)C)cc1. The molecule has 1 aromatic carbocycles. The maximum absolute atomic E-state index is 2.37. The molecule has 0 spiro atoms. The molecule has 1 nitrogen and oxygen atoms in total. The number of benzene rings is 1. The molecule has 0 saturated carbocycles. The third-order valence-electron chi connectivity index (χ3n) is 2.52. The first-order valence-electron chi connectivity index (χ1n) is 5.64. The Hall–Kier alpha value is -0.820. The molecule has 0 bridgehead atoms. The van der Waals surface area contributed by atoms with Crippen molar-refractivity contribution in [3.63, 3.8) is 0 Å². The lowest BCUT2D eigenvalue weighted by atomic mass is 10.0. The summed E-state index contributed by atoms with van der Waals surface area (Å²) >= 11 is 0. The number of nitrogens with two attached hydrogens (primary N) is 1. The van der Waals surface area contributed by atoms with Gasteiger partial charge in [0.1, 0.15) is 6.54 Å². The van der Waals surface area contributed by atoms with Crippen molar-refractivity contribution in [3.8, 4) is 0 Å². The average Bonchev–Trinajstić information content (AvgIpc) is 2.19. The van der Waals surface area contributed by atoms with Crippen molar-refractivity contribution in [2.24, 2.45) is 0 Å². The molecule has 0 fully saturated rings. The van der Waals surface area contributed by atoms with E-state index in [0.717, 1.165) is 6.54 Å². The summed E-state index contributed by atoms with van der Waals surface area (Å²) in [5, 5.41) is 2.37. The fourth-order valence-corrected chi connectivity index (χ4v) is 1.51. The van der Waals surface area contributed by atoms with Gasteiger partial charge in [-0.2, -0.15) is 0 Å². The van der Waals surface area contributed by atoms with Gasteiger partial charge in [-0.25, -0.2) is 0 Å². The minimum atomic E-state index is 0.642. The lowest BCUT2D eigenvalue weighted by Crippen LogP contribution is -2.82. The number of hydrogen-bond donors (Lipinski definition) is 1. The summed E-state index contributed by atoms with van der Waals surface area (Å²) in [6, 6.07) is 9.00. The molecule has 1 rings (SSSR count). The maximum Gasteiger partial charge on any atom is 0.101 e. The Balaban J connectivity index is 2.47. The van der Waals surface area contributed by atoms with Crippen LogP contribution in [0.5, 0.6) is 0 Å². The number of rotatable bonds is 5. The second-order valence-corrected chi connectivity index (χ2v) is 4.18. The predicted octanol–water partition coefficient (Wildman–Crippen LogP) is 2.28. The molecule has 0 amide bonds. The van der Waals surface area contributed by atoms with Gasteiger partial charge in [-0.15, -0.1) is 0 Å². The lowest BCUT2D eigenvalue weighted by molar-refractivity contribution is -0.670. The monoisotopic (exact) mass is 192 g/mol. The van der Waals surface area contributed by atoms with E-state index in [4.69, 9.17) is 0 Å². The Morgan fingerprint density at radius 3 is 2.29 bits per heavy atom. The summed E-state index contributed by atoms with van der Waals surface area (Å²) in [4.78, 5) is 0. The van der Waals surface area contributed by atoms with Crippen LogP contribution < -0.4 is 5.32 Å². The molecule has 78 valence electrons. The van der Waals surface area contributed by atoms with Gasteiger partial charge < -0.3 is 5.32 Å². The highest BCUT2D eigenvalue weighted by Gasteiger charge is 1.99. The number of hydrogen-bond acceptors (Lipinski definition) is 0. The van der Waals surface area contributed by atoms with E-state index in [0.29, 0.717) is 5.92 Å². The highest BCUT2D eigenvalue weighted by Crippen LogP contribution is 2.13. The molecule has 1 aromatic rings. The molecule has 0 unspecified atom stereocenters. The van der Waals surface area contributed by atoms with Crippen molar-refractivity contribution in [3.05, 3.63) is 35.4 Å². The van der Waals surface area contributed by atoms with Gasteiger partial charge in [0.05, 0.1) is 6.54 Å². The molecule has 0 heterocycles. The summed E-state index contributed by atoms with van der Waals surface area (Å²) in [5.41, 5.74) is 2.87. The van der Waals surface area contributed by atoms with E-state index in [9.17, 15) is 0 Å². The fourth-order valence-electron chi connectivity index (χ4n) is 1.51. The van der Waals surface area contributed by atoms with Crippen LogP contribution in [-0.2, 0) is 6.54 Å². The zero-order chi connectivity index (χ0) is 10.4. The highest BCUT2D eigenvalue weighted by atomic mass is 14.8. The van der Waals surface area contributed by atoms with Crippen LogP contribution in [0, 0.1) is 0 Å². The van der Waals surface area contributed by atoms with Crippen LogP contribution in [0.1, 0.15) is 44.2 Å². The summed E-state index contributed by atoms with van der Waals surface area (Å²) < 4.78 is 0. The summed E-state index contributed by atoms with van der Waals surface area (Å²) in [5.74, 6) is 0.642. The van der Waals surface area contributed by atoms with E-state index in [2.05, 4.69) is 50.4 Å². The van der Waals surface area contributed by atoms with Crippen molar-refractivity contribution in [2.75, 3.05) is 6.54 Å². The van der Waals surface area contributed by atoms with Crippen LogP contribution in [0.3, 0.4) is 0 Å². The van der Waals surface area contributed by atoms with Crippen LogP contribution in [0.2, 0.25) is 0 Å². The van der Waals surface area contributed by atoms with Gasteiger partial charge in [-0.1, -0.05) is 45.0 Å². The lowest BCUT2D eigenvalue weighted by Gasteiger charge is -2.06. The van der Waals surface area contributed by atoms with Crippen molar-refractivity contribution < 1.29 is 5.32 Å². The maximum atomic E-state index is 2.37. The Morgan fingerprint density at radius 2 is 1.79 bits per heavy atom. The molecular weight excluding hydrogens is 170 g/mol. The second kappa shape index (κ2) is 5.82. The van der Waals surface area contributed by atoms with Crippen LogP contribution in [0.4, 0.5) is 0 Å². The topological polar surface area (TPSA) is 16.6 Å². The fraction of sp³-hybridized carbons (Fsp3) is 0.538. The Kier molecular flexibility index (Phi) is 4.68. The zero-order valence-corrected chi connectivity index (χ0v) is 9.59. The molecule has 0 aliphatic rings. The van der Waals surface area contributed by atoms with Crippen molar-refractivity contribution in [1.29, 1.82) is 0 Å². The Labute approximate surface area is 87.5 Å². The van der Waals surface area contributed by atoms with Crippen LogP contribution in [0.25, 0.3) is 0 Å². The van der Waals surface area contributed by atoms with E-state index in [1.807, 2.05) is 0 Å². The van der Waals surface area contributed by atoms with Crippen LogP contribution in [0.15, 0.2) is 24.3 Å². The molecular formula is C13H22N+. The minimum Gasteiger partial charge on any atom is -0.343 e. The molecule has 0 aromatic heterocycles. The molecule has 0 aliphatic carbocycles. The van der Waals surface area contributed by atoms with Crippen molar-refractivity contribution in [2.45, 2.75) is 39.7 Å². The van der Waals surface area contributed by atoms with E-state index in [-0.39, 0.29) is 0 Å². The molecule has 0 radical (unpaired) electrons. The van der Waals surface area contributed by atoms with Gasteiger partial charge in [0.25, 0.3) is 0 Å². The molecule has 14 heavy (non-hydrogen) atoms. The van der Waals surface area contributed by atoms with E-state index < -0.39 is 0 Å². The third-order valence-corrected chi connectivity index (χ3v) is 2.52. The summed E-state index contributed by atoms with van der Waals surface area (Å²) in [7, 11) is 0. The Morgan fingerprint density at radius 1 is 1.14 bits per heavy atom. The summed E-state index contributed by atoms with van der Waals surface area (Å²) in [6.45, 7) is 9.03. The largest absolute Gasteiger partial charge is 0.343 e. The highest BCUT2D eigenvalue weighted by molar-refractivity contribution is 5.23. The Bertz CT molecular complexity index is 248. The predicted molar refractivity (Wildman–Crippen MR) is 61.3 cm³/mol. The first-order valence-corrected chi connectivity index (χ1v) is 5.64. The smallest absolute Gasteiger partial charge is 0.101 e.